The lowest BCUT2D eigenvalue weighted by Gasteiger charge is -2.28. The zero-order valence-corrected chi connectivity index (χ0v) is 11.8. The molecule has 0 radical (unpaired) electrons. The Balaban J connectivity index is 8.14. The molecule has 0 saturated heterocycles. The van der Waals surface area contributed by atoms with Crippen molar-refractivity contribution < 1.29 is 79.0 Å². The largest absolute Gasteiger partial charge is 0.421 e. The molecule has 18 heteroatoms. The zero-order valence-electron chi connectivity index (χ0n) is 11.8. The number of halogens is 18. The number of alkyl halides is 18. The molecule has 166 valence electrons. The van der Waals surface area contributed by atoms with Gasteiger partial charge < -0.3 is 0 Å². The van der Waals surface area contributed by atoms with Crippen LogP contribution in [0.1, 0.15) is 0 Å². The van der Waals surface area contributed by atoms with Gasteiger partial charge >= 0.3 is 37.1 Å². The molecular weight excluding hydrogens is 462 g/mol. The molecule has 0 atom stereocenters. The summed E-state index contributed by atoms with van der Waals surface area (Å²) in [6, 6.07) is 0. The van der Waals surface area contributed by atoms with Gasteiger partial charge in [0.1, 0.15) is 11.1 Å². The summed E-state index contributed by atoms with van der Waals surface area (Å²) >= 11 is 0. The Bertz CT molecular complexity index is 543. The molecule has 0 nitrogen and oxygen atoms in total. The Hall–Kier alpha value is -1.78. The van der Waals surface area contributed by atoms with E-state index < -0.39 is 59.4 Å². The highest BCUT2D eigenvalue weighted by atomic mass is 19.4. The number of hydrogen-bond donors (Lipinski definition) is 0. The van der Waals surface area contributed by atoms with Crippen LogP contribution in [0.2, 0.25) is 0 Å². The quantitative estimate of drug-likeness (QED) is 0.292. The lowest BCUT2D eigenvalue weighted by molar-refractivity contribution is -0.191. The van der Waals surface area contributed by atoms with Gasteiger partial charge in [0, 0.05) is 0 Å². The molecule has 0 aromatic rings. The molecule has 0 aromatic carbocycles. The summed E-state index contributed by atoms with van der Waals surface area (Å²) < 4.78 is 224. The fraction of sp³-hybridized carbons (Fsp3) is 0.600. The summed E-state index contributed by atoms with van der Waals surface area (Å²) in [6.45, 7) is 0. The molecule has 0 rings (SSSR count). The molecule has 28 heavy (non-hydrogen) atoms. The van der Waals surface area contributed by atoms with Crippen molar-refractivity contribution in [2.24, 2.45) is 0 Å². The van der Waals surface area contributed by atoms with Crippen molar-refractivity contribution in [3.8, 4) is 0 Å². The summed E-state index contributed by atoms with van der Waals surface area (Å²) in [5.41, 5.74) is -21.0. The Labute approximate surface area is 140 Å². The standard InChI is InChI=1S/C10F18/c11-5(12,13)1(3(7(17,18)19)8(20,21)22)2(6(14,15)16)4(9(23,24)25)10(26,27)28. The summed E-state index contributed by atoms with van der Waals surface area (Å²) in [7, 11) is 0. The average molecular weight is 462 g/mol. The highest BCUT2D eigenvalue weighted by molar-refractivity contribution is 5.50. The second kappa shape index (κ2) is 6.93. The zero-order chi connectivity index (χ0) is 23.3. The van der Waals surface area contributed by atoms with Gasteiger partial charge in [-0.2, -0.15) is 79.0 Å². The Kier molecular flexibility index (Phi) is 6.48. The fourth-order valence-electron chi connectivity index (χ4n) is 1.71. The van der Waals surface area contributed by atoms with Crippen LogP contribution in [0.3, 0.4) is 0 Å². The molecule has 0 amide bonds. The maximum atomic E-state index is 12.6. The van der Waals surface area contributed by atoms with Gasteiger partial charge in [0.2, 0.25) is 0 Å². The minimum atomic E-state index is -7.59. The first kappa shape index (κ1) is 26.2. The fourth-order valence-corrected chi connectivity index (χ4v) is 1.71. The third-order valence-corrected chi connectivity index (χ3v) is 2.45. The van der Waals surface area contributed by atoms with Crippen LogP contribution in [0.25, 0.3) is 0 Å². The van der Waals surface area contributed by atoms with Crippen molar-refractivity contribution in [1.82, 2.24) is 0 Å². The van der Waals surface area contributed by atoms with E-state index in [1.807, 2.05) is 0 Å². The predicted molar refractivity (Wildman–Crippen MR) is 50.4 cm³/mol. The molecular formula is C10F18. The molecule has 0 aliphatic rings. The third kappa shape index (κ3) is 6.11. The molecule has 0 aliphatic carbocycles. The first-order valence-electron chi connectivity index (χ1n) is 5.65. The lowest BCUT2D eigenvalue weighted by Crippen LogP contribution is -2.39. The van der Waals surface area contributed by atoms with Crippen LogP contribution in [0.15, 0.2) is 22.3 Å². The highest BCUT2D eigenvalue weighted by Gasteiger charge is 2.65. The lowest BCUT2D eigenvalue weighted by atomic mass is 9.92. The summed E-state index contributed by atoms with van der Waals surface area (Å²) in [4.78, 5) is 0. The first-order valence-corrected chi connectivity index (χ1v) is 5.65. The monoisotopic (exact) mass is 462 g/mol. The second-order valence-electron chi connectivity index (χ2n) is 4.49. The number of allylic oxidation sites excluding steroid dienone is 4. The number of rotatable bonds is 1. The molecule has 0 unspecified atom stereocenters. The van der Waals surface area contributed by atoms with E-state index in [9.17, 15) is 79.0 Å². The van der Waals surface area contributed by atoms with Crippen LogP contribution in [0, 0.1) is 0 Å². The molecule has 0 N–H and O–H groups in total. The topological polar surface area (TPSA) is 0 Å². The van der Waals surface area contributed by atoms with Gasteiger partial charge in [-0.1, -0.05) is 0 Å². The van der Waals surface area contributed by atoms with Gasteiger partial charge in [0.05, 0.1) is 11.1 Å². The molecule has 0 fully saturated rings. The van der Waals surface area contributed by atoms with Crippen LogP contribution < -0.4 is 0 Å². The van der Waals surface area contributed by atoms with Crippen molar-refractivity contribution in [3.05, 3.63) is 22.3 Å². The highest BCUT2D eigenvalue weighted by Crippen LogP contribution is 2.54. The van der Waals surface area contributed by atoms with Gasteiger partial charge in [0.15, 0.2) is 0 Å². The molecule has 0 spiro atoms. The SMILES string of the molecule is FC(F)(F)C(C(=C(C(F)(F)F)C(F)(F)F)C(F)(F)F)=C(C(F)(F)F)C(F)(F)F. The smallest absolute Gasteiger partial charge is 0.166 e. The van der Waals surface area contributed by atoms with Gasteiger partial charge in [-0.3, -0.25) is 0 Å². The first-order chi connectivity index (χ1) is 11.7. The van der Waals surface area contributed by atoms with Crippen LogP contribution in [0.5, 0.6) is 0 Å². The van der Waals surface area contributed by atoms with Gasteiger partial charge in [-0.05, 0) is 0 Å². The van der Waals surface area contributed by atoms with Crippen molar-refractivity contribution in [2.75, 3.05) is 0 Å². The van der Waals surface area contributed by atoms with E-state index >= 15 is 0 Å². The van der Waals surface area contributed by atoms with Crippen molar-refractivity contribution in [3.63, 3.8) is 0 Å². The van der Waals surface area contributed by atoms with E-state index in [1.54, 1.807) is 0 Å². The van der Waals surface area contributed by atoms with E-state index in [4.69, 9.17) is 0 Å². The second-order valence-corrected chi connectivity index (χ2v) is 4.49. The Morgan fingerprint density at radius 3 is 0.464 bits per heavy atom. The van der Waals surface area contributed by atoms with Crippen molar-refractivity contribution in [2.45, 2.75) is 37.1 Å². The summed E-state index contributed by atoms with van der Waals surface area (Å²) in [5, 5.41) is 0. The van der Waals surface area contributed by atoms with Crippen LogP contribution in [-0.4, -0.2) is 37.1 Å². The summed E-state index contributed by atoms with van der Waals surface area (Å²) in [6.07, 6.45) is -45.1. The van der Waals surface area contributed by atoms with Crippen LogP contribution in [-0.2, 0) is 0 Å². The Morgan fingerprint density at radius 1 is 0.250 bits per heavy atom. The van der Waals surface area contributed by atoms with Crippen LogP contribution >= 0.6 is 0 Å². The van der Waals surface area contributed by atoms with E-state index in [-0.39, 0.29) is 0 Å². The average Bonchev–Trinajstić information content (AvgIpc) is 2.23. The maximum absolute atomic E-state index is 12.6. The molecule has 0 aromatic heterocycles. The van der Waals surface area contributed by atoms with E-state index in [1.165, 1.54) is 0 Å². The maximum Gasteiger partial charge on any atom is 0.421 e. The molecule has 0 saturated carbocycles. The van der Waals surface area contributed by atoms with Crippen molar-refractivity contribution >= 4 is 0 Å². The van der Waals surface area contributed by atoms with Gasteiger partial charge in [-0.25, -0.2) is 0 Å². The minimum absolute atomic E-state index is 5.23. The predicted octanol–water partition coefficient (Wildman–Crippen LogP) is 6.95. The molecule has 0 heterocycles. The van der Waals surface area contributed by atoms with Gasteiger partial charge in [-0.15, -0.1) is 0 Å². The normalized spacial score (nSPS) is 14.8. The Morgan fingerprint density at radius 2 is 0.393 bits per heavy atom. The van der Waals surface area contributed by atoms with E-state index in [2.05, 4.69) is 0 Å². The minimum Gasteiger partial charge on any atom is -0.166 e. The van der Waals surface area contributed by atoms with E-state index in [0.29, 0.717) is 0 Å². The molecule has 0 bridgehead atoms. The number of hydrogen-bond acceptors (Lipinski definition) is 0. The van der Waals surface area contributed by atoms with Crippen LogP contribution in [0.4, 0.5) is 79.0 Å². The third-order valence-electron chi connectivity index (χ3n) is 2.45. The van der Waals surface area contributed by atoms with Crippen molar-refractivity contribution in [1.29, 1.82) is 0 Å². The van der Waals surface area contributed by atoms with E-state index in [0.717, 1.165) is 0 Å². The molecule has 0 aliphatic heterocycles. The summed E-state index contributed by atoms with van der Waals surface area (Å²) in [5.74, 6) is 0. The van der Waals surface area contributed by atoms with Gasteiger partial charge in [0.25, 0.3) is 0 Å².